The van der Waals surface area contributed by atoms with Gasteiger partial charge in [0.2, 0.25) is 0 Å². The van der Waals surface area contributed by atoms with Gasteiger partial charge in [0.15, 0.2) is 5.82 Å². The molecular weight excluding hydrogens is 484 g/mol. The van der Waals surface area contributed by atoms with Crippen LogP contribution in [-0.2, 0) is 28.9 Å². The molecule has 190 valence electrons. The Labute approximate surface area is 215 Å². The van der Waals surface area contributed by atoms with Crippen molar-refractivity contribution in [2.24, 2.45) is 5.92 Å². The molecule has 0 amide bonds. The molecule has 1 aromatic heterocycles. The highest BCUT2D eigenvalue weighted by molar-refractivity contribution is 6.30. The molecule has 2 atom stereocenters. The Morgan fingerprint density at radius 1 is 1.22 bits per heavy atom. The van der Waals surface area contributed by atoms with Gasteiger partial charge in [0, 0.05) is 61.2 Å². The van der Waals surface area contributed by atoms with Gasteiger partial charge in [-0.25, -0.2) is 18.7 Å². The summed E-state index contributed by atoms with van der Waals surface area (Å²) in [5.41, 5.74) is 3.66. The summed E-state index contributed by atoms with van der Waals surface area (Å²) in [6.45, 7) is 6.70. The van der Waals surface area contributed by atoms with Crippen LogP contribution in [0, 0.1) is 11.7 Å². The molecular formula is C28H30ClF2N3O2. The van der Waals surface area contributed by atoms with Crippen molar-refractivity contribution in [1.82, 2.24) is 14.9 Å². The number of hydrogen-bond acceptors (Lipinski definition) is 5. The summed E-state index contributed by atoms with van der Waals surface area (Å²) < 4.78 is 33.9. The zero-order valence-electron chi connectivity index (χ0n) is 20.5. The lowest BCUT2D eigenvalue weighted by molar-refractivity contribution is -0.144. The molecule has 3 aromatic rings. The first-order valence-electron chi connectivity index (χ1n) is 12.2. The van der Waals surface area contributed by atoms with Gasteiger partial charge in [-0.1, -0.05) is 48.9 Å². The predicted octanol–water partition coefficient (Wildman–Crippen LogP) is 6.14. The van der Waals surface area contributed by atoms with E-state index in [0.29, 0.717) is 30.0 Å². The molecule has 36 heavy (non-hydrogen) atoms. The Bertz CT molecular complexity index is 1210. The number of halogens is 3. The number of fused-ring (bicyclic) bond motifs is 1. The van der Waals surface area contributed by atoms with Gasteiger partial charge in [0.05, 0.1) is 12.3 Å². The smallest absolute Gasteiger partial charge is 0.306 e. The number of esters is 1. The van der Waals surface area contributed by atoms with Crippen LogP contribution in [0.5, 0.6) is 0 Å². The van der Waals surface area contributed by atoms with Crippen molar-refractivity contribution in [3.05, 3.63) is 81.9 Å². The van der Waals surface area contributed by atoms with Crippen LogP contribution in [0.25, 0.3) is 11.4 Å². The fourth-order valence-electron chi connectivity index (χ4n) is 4.52. The molecule has 0 spiro atoms. The fourth-order valence-corrected chi connectivity index (χ4v) is 4.68. The number of nitrogens with zero attached hydrogens (tertiary/aromatic N) is 3. The van der Waals surface area contributed by atoms with E-state index in [4.69, 9.17) is 21.3 Å². The summed E-state index contributed by atoms with van der Waals surface area (Å²) in [7, 11) is 0. The molecule has 0 radical (unpaired) electrons. The van der Waals surface area contributed by atoms with Crippen molar-refractivity contribution in [3.63, 3.8) is 0 Å². The second kappa shape index (κ2) is 11.9. The molecule has 8 heteroatoms. The van der Waals surface area contributed by atoms with Gasteiger partial charge in [-0.3, -0.25) is 9.69 Å². The lowest BCUT2D eigenvalue weighted by Crippen LogP contribution is -2.35. The van der Waals surface area contributed by atoms with Crippen molar-refractivity contribution in [2.75, 3.05) is 19.7 Å². The Kier molecular flexibility index (Phi) is 8.64. The number of ether oxygens (including phenoxy) is 1. The zero-order chi connectivity index (χ0) is 25.7. The maximum atomic E-state index is 14.8. The summed E-state index contributed by atoms with van der Waals surface area (Å²) in [6, 6.07) is 11.3. The molecule has 0 saturated heterocycles. The molecule has 0 N–H and O–H groups in total. The highest BCUT2D eigenvalue weighted by Crippen LogP contribution is 2.28. The number of carbonyl (C=O) groups is 1. The monoisotopic (exact) mass is 513 g/mol. The van der Waals surface area contributed by atoms with Crippen molar-refractivity contribution < 1.29 is 18.3 Å². The van der Waals surface area contributed by atoms with Gasteiger partial charge in [0.1, 0.15) is 12.0 Å². The molecule has 2 aromatic carbocycles. The van der Waals surface area contributed by atoms with Crippen LogP contribution in [0.4, 0.5) is 8.78 Å². The second-order valence-corrected chi connectivity index (χ2v) is 9.73. The van der Waals surface area contributed by atoms with E-state index in [0.717, 1.165) is 42.9 Å². The lowest BCUT2D eigenvalue weighted by atomic mass is 10.0. The molecule has 2 unspecified atom stereocenters. The first kappa shape index (κ1) is 26.2. The van der Waals surface area contributed by atoms with Crippen LogP contribution in [-0.4, -0.2) is 40.5 Å². The highest BCUT2D eigenvalue weighted by Gasteiger charge is 2.22. The van der Waals surface area contributed by atoms with Crippen LogP contribution in [0.1, 0.15) is 48.8 Å². The van der Waals surface area contributed by atoms with E-state index < -0.39 is 12.0 Å². The summed E-state index contributed by atoms with van der Waals surface area (Å²) in [5.74, 6) is 0.150. The van der Waals surface area contributed by atoms with E-state index in [1.165, 1.54) is 12.1 Å². The number of rotatable bonds is 9. The zero-order valence-corrected chi connectivity index (χ0v) is 21.3. The van der Waals surface area contributed by atoms with Crippen LogP contribution in [0.15, 0.2) is 48.7 Å². The fraction of sp³-hybridized carbons (Fsp3) is 0.393. The van der Waals surface area contributed by atoms with E-state index >= 15 is 0 Å². The minimum atomic E-state index is -1.34. The lowest BCUT2D eigenvalue weighted by Gasteiger charge is -2.30. The highest BCUT2D eigenvalue weighted by atomic mass is 35.5. The standard InChI is InChI=1S/C28H30ClF2N3O2/c1-3-36-27(35)12-18(2)16-34-11-10-26-22(17-34)15-32-28(33-26)20-6-4-19(5-7-20)24(30)13-21-8-9-23(29)14-25(21)31/h4-9,14-15,18,24H,3,10-13,16-17H2,1-2H3. The molecule has 0 saturated carbocycles. The van der Waals surface area contributed by atoms with Gasteiger partial charge < -0.3 is 4.74 Å². The van der Waals surface area contributed by atoms with Gasteiger partial charge in [-0.2, -0.15) is 0 Å². The van der Waals surface area contributed by atoms with Gasteiger partial charge in [0.25, 0.3) is 0 Å². The Balaban J connectivity index is 1.37. The third-order valence-corrected chi connectivity index (χ3v) is 6.58. The summed E-state index contributed by atoms with van der Waals surface area (Å²) in [6.07, 6.45) is 1.67. The molecule has 1 aliphatic heterocycles. The molecule has 2 heterocycles. The molecule has 4 rings (SSSR count). The molecule has 1 aliphatic rings. The van der Waals surface area contributed by atoms with Crippen LogP contribution in [0.2, 0.25) is 5.02 Å². The first-order valence-corrected chi connectivity index (χ1v) is 12.6. The Hall–Kier alpha value is -2.90. The van der Waals surface area contributed by atoms with E-state index in [1.54, 1.807) is 30.3 Å². The number of carbonyl (C=O) groups excluding carboxylic acids is 1. The largest absolute Gasteiger partial charge is 0.466 e. The third-order valence-electron chi connectivity index (χ3n) is 6.35. The second-order valence-electron chi connectivity index (χ2n) is 9.29. The van der Waals surface area contributed by atoms with Crippen molar-refractivity contribution >= 4 is 17.6 Å². The number of aromatic nitrogens is 2. The Morgan fingerprint density at radius 3 is 2.72 bits per heavy atom. The number of alkyl halides is 1. The number of benzene rings is 2. The normalized spacial score (nSPS) is 15.2. The van der Waals surface area contributed by atoms with E-state index in [2.05, 4.69) is 16.8 Å². The van der Waals surface area contributed by atoms with Crippen molar-refractivity contribution in [1.29, 1.82) is 0 Å². The summed E-state index contributed by atoms with van der Waals surface area (Å²) in [4.78, 5) is 23.4. The molecule has 0 bridgehead atoms. The first-order chi connectivity index (χ1) is 17.3. The van der Waals surface area contributed by atoms with Gasteiger partial charge in [-0.05, 0) is 36.1 Å². The van der Waals surface area contributed by atoms with E-state index in [1.807, 2.05) is 13.1 Å². The Morgan fingerprint density at radius 2 is 2.00 bits per heavy atom. The molecule has 5 nitrogen and oxygen atoms in total. The SMILES string of the molecule is CCOC(=O)CC(C)CN1CCc2nc(-c3ccc(C(F)Cc4ccc(Cl)cc4F)cc3)ncc2C1. The topological polar surface area (TPSA) is 55.3 Å². The maximum Gasteiger partial charge on any atom is 0.306 e. The summed E-state index contributed by atoms with van der Waals surface area (Å²) >= 11 is 5.78. The van der Waals surface area contributed by atoms with Gasteiger partial charge in [-0.15, -0.1) is 0 Å². The van der Waals surface area contributed by atoms with Crippen LogP contribution >= 0.6 is 11.6 Å². The average Bonchev–Trinajstić information content (AvgIpc) is 2.85. The van der Waals surface area contributed by atoms with Gasteiger partial charge >= 0.3 is 5.97 Å². The van der Waals surface area contributed by atoms with Crippen LogP contribution < -0.4 is 0 Å². The molecule has 0 aliphatic carbocycles. The third kappa shape index (κ3) is 6.65. The number of hydrogen-bond donors (Lipinski definition) is 0. The summed E-state index contributed by atoms with van der Waals surface area (Å²) in [5, 5.41) is 0.289. The van der Waals surface area contributed by atoms with E-state index in [-0.39, 0.29) is 23.3 Å². The maximum absolute atomic E-state index is 14.8. The predicted molar refractivity (Wildman–Crippen MR) is 136 cm³/mol. The van der Waals surface area contributed by atoms with Crippen LogP contribution in [0.3, 0.4) is 0 Å². The van der Waals surface area contributed by atoms with Crippen molar-refractivity contribution in [2.45, 2.75) is 45.8 Å². The quantitative estimate of drug-likeness (QED) is 0.322. The average molecular weight is 514 g/mol. The van der Waals surface area contributed by atoms with Crippen molar-refractivity contribution in [3.8, 4) is 11.4 Å². The minimum Gasteiger partial charge on any atom is -0.466 e. The molecule has 0 fully saturated rings. The van der Waals surface area contributed by atoms with E-state index in [9.17, 15) is 13.6 Å². The minimum absolute atomic E-state index is 0.0629.